The van der Waals surface area contributed by atoms with E-state index in [4.69, 9.17) is 9.47 Å². The van der Waals surface area contributed by atoms with Gasteiger partial charge in [-0.05, 0) is 12.5 Å². The van der Waals surface area contributed by atoms with E-state index in [0.29, 0.717) is 12.2 Å². The third kappa shape index (κ3) is 3.57. The number of ether oxygens (including phenoxy) is 2. The molecule has 2 aromatic rings. The van der Waals surface area contributed by atoms with Crippen LogP contribution in [0.25, 0.3) is 0 Å². The SMILES string of the molecule is CCCOc1c(OC)cc(/C=N\n2cnnc2)cc1[N+](=O)[O-]. The molecule has 1 heterocycles. The summed E-state index contributed by atoms with van der Waals surface area (Å²) in [7, 11) is 1.43. The second kappa shape index (κ2) is 7.16. The lowest BCUT2D eigenvalue weighted by atomic mass is 10.2. The first-order chi connectivity index (χ1) is 10.7. The Morgan fingerprint density at radius 2 is 2.14 bits per heavy atom. The molecule has 0 aliphatic heterocycles. The van der Waals surface area contributed by atoms with Gasteiger partial charge in [0, 0.05) is 11.6 Å². The number of aromatic nitrogens is 3. The van der Waals surface area contributed by atoms with Crippen molar-refractivity contribution in [3.8, 4) is 11.5 Å². The van der Waals surface area contributed by atoms with Crippen LogP contribution in [-0.2, 0) is 0 Å². The zero-order valence-corrected chi connectivity index (χ0v) is 12.2. The second-order valence-electron chi connectivity index (χ2n) is 4.26. The smallest absolute Gasteiger partial charge is 0.315 e. The predicted octanol–water partition coefficient (Wildman–Crippen LogP) is 1.87. The molecule has 1 aromatic heterocycles. The minimum atomic E-state index is -0.510. The highest BCUT2D eigenvalue weighted by molar-refractivity contribution is 5.83. The summed E-state index contributed by atoms with van der Waals surface area (Å²) in [5, 5.41) is 22.5. The molecule has 2 rings (SSSR count). The summed E-state index contributed by atoms with van der Waals surface area (Å²) in [6.45, 7) is 2.28. The minimum absolute atomic E-state index is 0.121. The van der Waals surface area contributed by atoms with Gasteiger partial charge in [0.2, 0.25) is 5.75 Å². The number of nitro groups is 1. The molecule has 0 fully saturated rings. The maximum absolute atomic E-state index is 11.2. The Morgan fingerprint density at radius 1 is 1.41 bits per heavy atom. The number of methoxy groups -OCH3 is 1. The van der Waals surface area contributed by atoms with Crippen LogP contribution in [0.3, 0.4) is 0 Å². The number of nitro benzene ring substituents is 1. The van der Waals surface area contributed by atoms with Crippen LogP contribution in [-0.4, -0.2) is 39.7 Å². The van der Waals surface area contributed by atoms with Gasteiger partial charge in [-0.15, -0.1) is 10.2 Å². The van der Waals surface area contributed by atoms with Crippen molar-refractivity contribution in [3.05, 3.63) is 40.5 Å². The Labute approximate surface area is 126 Å². The van der Waals surface area contributed by atoms with E-state index in [-0.39, 0.29) is 17.2 Å². The first-order valence-electron chi connectivity index (χ1n) is 6.54. The summed E-state index contributed by atoms with van der Waals surface area (Å²) in [6, 6.07) is 2.99. The van der Waals surface area contributed by atoms with E-state index in [1.807, 2.05) is 6.92 Å². The number of hydrogen-bond donors (Lipinski definition) is 0. The van der Waals surface area contributed by atoms with Gasteiger partial charge in [0.1, 0.15) is 12.7 Å². The average Bonchev–Trinajstić information content (AvgIpc) is 3.03. The molecule has 9 nitrogen and oxygen atoms in total. The molecule has 0 spiro atoms. The lowest BCUT2D eigenvalue weighted by Crippen LogP contribution is -2.03. The molecule has 116 valence electrons. The number of benzene rings is 1. The quantitative estimate of drug-likeness (QED) is 0.439. The lowest BCUT2D eigenvalue weighted by Gasteiger charge is -2.11. The third-order valence-corrected chi connectivity index (χ3v) is 2.67. The molecular formula is C13H15N5O4. The number of rotatable bonds is 7. The van der Waals surface area contributed by atoms with Crippen LogP contribution in [0.5, 0.6) is 11.5 Å². The van der Waals surface area contributed by atoms with Crippen LogP contribution in [0, 0.1) is 10.1 Å². The molecule has 0 radical (unpaired) electrons. The standard InChI is InChI=1S/C13H15N5O4/c1-3-4-22-13-11(18(19)20)5-10(6-12(13)21-2)7-16-17-8-14-15-9-17/h5-9H,3-4H2,1-2H3/b16-7-. The zero-order valence-electron chi connectivity index (χ0n) is 12.2. The fraction of sp³-hybridized carbons (Fsp3) is 0.308. The molecular weight excluding hydrogens is 290 g/mol. The molecule has 1 aromatic carbocycles. The van der Waals surface area contributed by atoms with E-state index in [9.17, 15) is 10.1 Å². The van der Waals surface area contributed by atoms with Crippen molar-refractivity contribution in [2.75, 3.05) is 13.7 Å². The minimum Gasteiger partial charge on any atom is -0.493 e. The molecule has 0 unspecified atom stereocenters. The summed E-state index contributed by atoms with van der Waals surface area (Å²) in [5.74, 6) is 0.406. The van der Waals surface area contributed by atoms with Gasteiger partial charge < -0.3 is 9.47 Å². The highest BCUT2D eigenvalue weighted by atomic mass is 16.6. The van der Waals surface area contributed by atoms with Gasteiger partial charge in [-0.2, -0.15) is 5.10 Å². The van der Waals surface area contributed by atoms with E-state index >= 15 is 0 Å². The molecule has 9 heteroatoms. The zero-order chi connectivity index (χ0) is 15.9. The third-order valence-electron chi connectivity index (χ3n) is 2.67. The summed E-state index contributed by atoms with van der Waals surface area (Å²) >= 11 is 0. The van der Waals surface area contributed by atoms with Crippen molar-refractivity contribution in [3.63, 3.8) is 0 Å². The van der Waals surface area contributed by atoms with Gasteiger partial charge in [-0.3, -0.25) is 10.1 Å². The van der Waals surface area contributed by atoms with E-state index in [0.717, 1.165) is 6.42 Å². The molecule has 0 aliphatic carbocycles. The highest BCUT2D eigenvalue weighted by Gasteiger charge is 2.21. The van der Waals surface area contributed by atoms with Gasteiger partial charge in [-0.25, -0.2) is 4.68 Å². The van der Waals surface area contributed by atoms with Crippen molar-refractivity contribution in [1.82, 2.24) is 14.9 Å². The van der Waals surface area contributed by atoms with Crippen molar-refractivity contribution >= 4 is 11.9 Å². The lowest BCUT2D eigenvalue weighted by molar-refractivity contribution is -0.386. The Hall–Kier alpha value is -2.97. The molecule has 0 atom stereocenters. The van der Waals surface area contributed by atoms with Gasteiger partial charge in [0.25, 0.3) is 0 Å². The predicted molar refractivity (Wildman–Crippen MR) is 78.4 cm³/mol. The summed E-state index contributed by atoms with van der Waals surface area (Å²) in [4.78, 5) is 10.7. The first-order valence-corrected chi connectivity index (χ1v) is 6.54. The van der Waals surface area contributed by atoms with Crippen LogP contribution in [0.1, 0.15) is 18.9 Å². The van der Waals surface area contributed by atoms with Crippen LogP contribution >= 0.6 is 0 Å². The molecule has 0 bridgehead atoms. The first kappa shape index (κ1) is 15.4. The van der Waals surface area contributed by atoms with E-state index in [2.05, 4.69) is 15.3 Å². The Bertz CT molecular complexity index is 669. The maximum atomic E-state index is 11.2. The molecule has 0 saturated heterocycles. The highest BCUT2D eigenvalue weighted by Crippen LogP contribution is 2.38. The van der Waals surface area contributed by atoms with E-state index in [1.165, 1.54) is 36.7 Å². The van der Waals surface area contributed by atoms with Crippen molar-refractivity contribution in [2.24, 2.45) is 5.10 Å². The Balaban J connectivity index is 2.40. The molecule has 0 saturated carbocycles. The Morgan fingerprint density at radius 3 is 2.73 bits per heavy atom. The Kier molecular flexibility index (Phi) is 5.02. The van der Waals surface area contributed by atoms with Crippen LogP contribution < -0.4 is 9.47 Å². The largest absolute Gasteiger partial charge is 0.493 e. The number of nitrogens with zero attached hydrogens (tertiary/aromatic N) is 5. The van der Waals surface area contributed by atoms with Crippen LogP contribution in [0.2, 0.25) is 0 Å². The molecule has 0 aliphatic rings. The fourth-order valence-corrected chi connectivity index (χ4v) is 1.71. The average molecular weight is 305 g/mol. The van der Waals surface area contributed by atoms with Crippen LogP contribution in [0.15, 0.2) is 29.9 Å². The maximum Gasteiger partial charge on any atom is 0.315 e. The van der Waals surface area contributed by atoms with E-state index < -0.39 is 4.92 Å². The topological polar surface area (TPSA) is 105 Å². The second-order valence-corrected chi connectivity index (χ2v) is 4.26. The fourth-order valence-electron chi connectivity index (χ4n) is 1.71. The summed E-state index contributed by atoms with van der Waals surface area (Å²) < 4.78 is 12.0. The van der Waals surface area contributed by atoms with E-state index in [1.54, 1.807) is 6.07 Å². The van der Waals surface area contributed by atoms with Gasteiger partial charge in [0.15, 0.2) is 5.75 Å². The normalized spacial score (nSPS) is 10.8. The molecule has 0 amide bonds. The van der Waals surface area contributed by atoms with Crippen molar-refractivity contribution in [2.45, 2.75) is 13.3 Å². The molecule has 22 heavy (non-hydrogen) atoms. The summed E-state index contributed by atoms with van der Waals surface area (Å²) in [5.41, 5.74) is 0.333. The van der Waals surface area contributed by atoms with Gasteiger partial charge >= 0.3 is 5.69 Å². The van der Waals surface area contributed by atoms with Gasteiger partial charge in [-0.1, -0.05) is 6.92 Å². The monoisotopic (exact) mass is 305 g/mol. The summed E-state index contributed by atoms with van der Waals surface area (Å²) in [6.07, 6.45) is 4.99. The van der Waals surface area contributed by atoms with Crippen molar-refractivity contribution in [1.29, 1.82) is 0 Å². The number of hydrogen-bond acceptors (Lipinski definition) is 7. The van der Waals surface area contributed by atoms with Gasteiger partial charge in [0.05, 0.1) is 24.9 Å². The van der Waals surface area contributed by atoms with Crippen molar-refractivity contribution < 1.29 is 14.4 Å². The van der Waals surface area contributed by atoms with Crippen LogP contribution in [0.4, 0.5) is 5.69 Å². The molecule has 0 N–H and O–H groups in total.